The molecule has 6 nitrogen and oxygen atoms in total. The molecule has 0 aliphatic carbocycles. The predicted octanol–water partition coefficient (Wildman–Crippen LogP) is 2.44. The van der Waals surface area contributed by atoms with Crippen molar-refractivity contribution < 1.29 is 13.2 Å². The third-order valence-corrected chi connectivity index (χ3v) is 8.62. The molecule has 1 amide bonds. The van der Waals surface area contributed by atoms with Gasteiger partial charge in [-0.15, -0.1) is 11.3 Å². The van der Waals surface area contributed by atoms with Crippen molar-refractivity contribution >= 4 is 27.3 Å². The normalized spacial score (nSPS) is 27.3. The average Bonchev–Trinajstić information content (AvgIpc) is 3.14. The molecule has 140 valence electrons. The van der Waals surface area contributed by atoms with E-state index in [0.717, 1.165) is 12.8 Å². The van der Waals surface area contributed by atoms with Crippen molar-refractivity contribution in [2.45, 2.75) is 62.2 Å². The molecular formula is C17H27N3O3S2. The molecule has 0 aromatic carbocycles. The van der Waals surface area contributed by atoms with Gasteiger partial charge in [-0.3, -0.25) is 10.2 Å². The summed E-state index contributed by atoms with van der Waals surface area (Å²) in [5.74, 6) is -0.0788. The Bertz CT molecular complexity index is 672. The summed E-state index contributed by atoms with van der Waals surface area (Å²) >= 11 is 1.24. The molecule has 8 heteroatoms. The quantitative estimate of drug-likeness (QED) is 0.864. The highest BCUT2D eigenvalue weighted by molar-refractivity contribution is 7.91. The molecule has 0 spiro atoms. The van der Waals surface area contributed by atoms with E-state index in [1.807, 2.05) is 0 Å². The van der Waals surface area contributed by atoms with Crippen LogP contribution in [-0.4, -0.2) is 48.8 Å². The van der Waals surface area contributed by atoms with E-state index in [2.05, 4.69) is 24.3 Å². The lowest BCUT2D eigenvalue weighted by molar-refractivity contribution is -0.134. The number of amides is 1. The molecular weight excluding hydrogens is 358 g/mol. The van der Waals surface area contributed by atoms with Gasteiger partial charge in [0, 0.05) is 31.1 Å². The molecule has 2 fully saturated rings. The van der Waals surface area contributed by atoms with Gasteiger partial charge in [0.05, 0.1) is 0 Å². The van der Waals surface area contributed by atoms with Gasteiger partial charge in [0.1, 0.15) is 4.21 Å². The fourth-order valence-electron chi connectivity index (χ4n) is 3.76. The van der Waals surface area contributed by atoms with Gasteiger partial charge in [-0.2, -0.15) is 4.31 Å². The van der Waals surface area contributed by atoms with E-state index in [1.54, 1.807) is 17.5 Å². The van der Waals surface area contributed by atoms with Crippen molar-refractivity contribution in [1.82, 2.24) is 14.7 Å². The molecule has 2 aliphatic heterocycles. The van der Waals surface area contributed by atoms with E-state index >= 15 is 0 Å². The van der Waals surface area contributed by atoms with Gasteiger partial charge in [0.25, 0.3) is 10.0 Å². The van der Waals surface area contributed by atoms with Gasteiger partial charge in [-0.1, -0.05) is 12.5 Å². The highest BCUT2D eigenvalue weighted by Gasteiger charge is 2.34. The van der Waals surface area contributed by atoms with Crippen molar-refractivity contribution in [1.29, 1.82) is 0 Å². The first-order valence-corrected chi connectivity index (χ1v) is 11.3. The summed E-state index contributed by atoms with van der Waals surface area (Å²) in [4.78, 5) is 12.6. The molecule has 0 radical (unpaired) electrons. The van der Waals surface area contributed by atoms with Crippen LogP contribution in [0.5, 0.6) is 0 Å². The van der Waals surface area contributed by atoms with Gasteiger partial charge in [-0.25, -0.2) is 13.4 Å². The largest absolute Gasteiger partial charge is 0.288 e. The maximum absolute atomic E-state index is 12.6. The lowest BCUT2D eigenvalue weighted by atomic mass is 9.96. The second-order valence-electron chi connectivity index (χ2n) is 7.12. The summed E-state index contributed by atoms with van der Waals surface area (Å²) in [7, 11) is -3.40. The minimum absolute atomic E-state index is 0.0359. The molecule has 25 heavy (non-hydrogen) atoms. The van der Waals surface area contributed by atoms with Crippen molar-refractivity contribution in [3.05, 3.63) is 17.5 Å². The number of nitrogens with zero attached hydrogens (tertiary/aromatic N) is 2. The third-order valence-electron chi connectivity index (χ3n) is 5.35. The van der Waals surface area contributed by atoms with Crippen LogP contribution in [0.25, 0.3) is 0 Å². The number of carbonyl (C=O) groups excluding carboxylic acids is 1. The molecule has 3 rings (SSSR count). The first-order valence-electron chi connectivity index (χ1n) is 9.02. The van der Waals surface area contributed by atoms with E-state index in [0.29, 0.717) is 42.2 Å². The Morgan fingerprint density at radius 1 is 1.16 bits per heavy atom. The highest BCUT2D eigenvalue weighted by Crippen LogP contribution is 2.27. The number of rotatable bonds is 4. The SMILES string of the molecule is C[C@@H]1CCC[C@H](C)N1NC(=O)C1CCN(S(=O)(=O)c2cccs2)CC1. The number of piperidine rings is 2. The van der Waals surface area contributed by atoms with E-state index in [4.69, 9.17) is 0 Å². The van der Waals surface area contributed by atoms with Crippen LogP contribution < -0.4 is 5.43 Å². The Morgan fingerprint density at radius 3 is 2.36 bits per heavy atom. The molecule has 0 unspecified atom stereocenters. The smallest absolute Gasteiger partial charge is 0.252 e. The molecule has 3 heterocycles. The number of thiophene rings is 1. The fourth-order valence-corrected chi connectivity index (χ4v) is 6.37. The minimum atomic E-state index is -3.40. The molecule has 0 saturated carbocycles. The lowest BCUT2D eigenvalue weighted by Crippen LogP contribution is -2.56. The summed E-state index contributed by atoms with van der Waals surface area (Å²) in [6.07, 6.45) is 4.55. The standard InChI is InChI=1S/C17H27N3O3S2/c1-13-5-3-6-14(2)20(13)18-17(21)15-8-10-19(11-9-15)25(22,23)16-7-4-12-24-16/h4,7,12-15H,3,5-6,8-11H2,1-2H3,(H,18,21)/t13-,14+. The molecule has 0 bridgehead atoms. The third kappa shape index (κ3) is 4.07. The Labute approximate surface area is 154 Å². The number of sulfonamides is 1. The van der Waals surface area contributed by atoms with E-state index in [-0.39, 0.29) is 11.8 Å². The van der Waals surface area contributed by atoms with E-state index in [1.165, 1.54) is 22.1 Å². The molecule has 2 aliphatic rings. The first-order chi connectivity index (χ1) is 11.9. The van der Waals surface area contributed by atoms with Crippen LogP contribution in [0, 0.1) is 5.92 Å². The van der Waals surface area contributed by atoms with Gasteiger partial charge in [0.15, 0.2) is 0 Å². The summed E-state index contributed by atoms with van der Waals surface area (Å²) in [6, 6.07) is 4.09. The fraction of sp³-hybridized carbons (Fsp3) is 0.706. The molecule has 1 aromatic rings. The Morgan fingerprint density at radius 2 is 1.80 bits per heavy atom. The predicted molar refractivity (Wildman–Crippen MR) is 98.6 cm³/mol. The monoisotopic (exact) mass is 385 g/mol. The van der Waals surface area contributed by atoms with E-state index < -0.39 is 10.0 Å². The maximum Gasteiger partial charge on any atom is 0.252 e. The Balaban J connectivity index is 1.56. The average molecular weight is 386 g/mol. The Kier molecular flexibility index (Phi) is 5.82. The number of nitrogens with one attached hydrogen (secondary N) is 1. The van der Waals surface area contributed by atoms with Crippen LogP contribution in [0.2, 0.25) is 0 Å². The van der Waals surface area contributed by atoms with Crippen LogP contribution in [0.4, 0.5) is 0 Å². The Hall–Kier alpha value is -0.960. The van der Waals surface area contributed by atoms with Crippen molar-refractivity contribution in [2.75, 3.05) is 13.1 Å². The number of hydrogen-bond acceptors (Lipinski definition) is 5. The topological polar surface area (TPSA) is 69.7 Å². The molecule has 2 atom stereocenters. The van der Waals surface area contributed by atoms with Crippen LogP contribution in [-0.2, 0) is 14.8 Å². The number of carbonyl (C=O) groups is 1. The van der Waals surface area contributed by atoms with Gasteiger partial charge >= 0.3 is 0 Å². The zero-order chi connectivity index (χ0) is 18.0. The summed E-state index contributed by atoms with van der Waals surface area (Å²) in [5, 5.41) is 3.86. The maximum atomic E-state index is 12.6. The summed E-state index contributed by atoms with van der Waals surface area (Å²) in [5.41, 5.74) is 3.10. The number of hydrogen-bond donors (Lipinski definition) is 1. The van der Waals surface area contributed by atoms with E-state index in [9.17, 15) is 13.2 Å². The van der Waals surface area contributed by atoms with Gasteiger partial charge in [-0.05, 0) is 51.0 Å². The summed E-state index contributed by atoms with van der Waals surface area (Å²) < 4.78 is 27.0. The second kappa shape index (κ2) is 7.73. The second-order valence-corrected chi connectivity index (χ2v) is 10.2. The summed E-state index contributed by atoms with van der Waals surface area (Å²) in [6.45, 7) is 5.10. The first kappa shape index (κ1) is 18.8. The zero-order valence-corrected chi connectivity index (χ0v) is 16.5. The van der Waals surface area contributed by atoms with Gasteiger partial charge in [0.2, 0.25) is 5.91 Å². The van der Waals surface area contributed by atoms with Crippen LogP contribution in [0.3, 0.4) is 0 Å². The number of hydrazine groups is 1. The van der Waals surface area contributed by atoms with Crippen molar-refractivity contribution in [3.63, 3.8) is 0 Å². The minimum Gasteiger partial charge on any atom is -0.288 e. The highest BCUT2D eigenvalue weighted by atomic mass is 32.2. The van der Waals surface area contributed by atoms with Crippen LogP contribution >= 0.6 is 11.3 Å². The molecule has 1 aromatic heterocycles. The molecule has 2 saturated heterocycles. The van der Waals surface area contributed by atoms with Crippen molar-refractivity contribution in [3.8, 4) is 0 Å². The lowest BCUT2D eigenvalue weighted by Gasteiger charge is -2.40. The van der Waals surface area contributed by atoms with Gasteiger partial charge < -0.3 is 0 Å². The van der Waals surface area contributed by atoms with Crippen LogP contribution in [0.15, 0.2) is 21.7 Å². The van der Waals surface area contributed by atoms with Crippen LogP contribution in [0.1, 0.15) is 46.0 Å². The zero-order valence-electron chi connectivity index (χ0n) is 14.8. The van der Waals surface area contributed by atoms with Crippen molar-refractivity contribution in [2.24, 2.45) is 5.92 Å². The molecule has 1 N–H and O–H groups in total.